The topological polar surface area (TPSA) is 29.9 Å². The maximum absolute atomic E-state index is 4.33. The van der Waals surface area contributed by atoms with Gasteiger partial charge in [-0.3, -0.25) is 4.68 Å². The van der Waals surface area contributed by atoms with Crippen molar-refractivity contribution in [1.29, 1.82) is 0 Å². The monoisotopic (exact) mass is 229 g/mol. The molecule has 90 valence electrons. The zero-order valence-corrected chi connectivity index (χ0v) is 10.5. The average Bonchev–Trinajstić information content (AvgIpc) is 2.74. The number of nitrogens with zero attached hydrogens (tertiary/aromatic N) is 2. The van der Waals surface area contributed by atoms with Crippen LogP contribution in [0.15, 0.2) is 36.7 Å². The van der Waals surface area contributed by atoms with Crippen LogP contribution in [0.25, 0.3) is 0 Å². The molecule has 0 bridgehead atoms. The van der Waals surface area contributed by atoms with Gasteiger partial charge in [-0.2, -0.15) is 5.10 Å². The minimum Gasteiger partial charge on any atom is -0.319 e. The van der Waals surface area contributed by atoms with Gasteiger partial charge in [0.2, 0.25) is 0 Å². The van der Waals surface area contributed by atoms with Crippen molar-refractivity contribution in [2.24, 2.45) is 0 Å². The molecule has 0 radical (unpaired) electrons. The quantitative estimate of drug-likeness (QED) is 0.850. The number of aryl methyl sites for hydroxylation is 1. The highest BCUT2D eigenvalue weighted by atomic mass is 15.3. The van der Waals surface area contributed by atoms with Crippen LogP contribution in [-0.2, 0) is 13.0 Å². The van der Waals surface area contributed by atoms with E-state index in [9.17, 15) is 0 Å². The Bertz CT molecular complexity index is 474. The van der Waals surface area contributed by atoms with E-state index < -0.39 is 0 Å². The van der Waals surface area contributed by atoms with E-state index in [1.165, 1.54) is 16.7 Å². The van der Waals surface area contributed by atoms with E-state index in [0.717, 1.165) is 19.5 Å². The first-order valence-corrected chi connectivity index (χ1v) is 6.00. The number of benzene rings is 1. The highest BCUT2D eigenvalue weighted by Gasteiger charge is 2.02. The van der Waals surface area contributed by atoms with E-state index in [0.29, 0.717) is 0 Å². The third-order valence-electron chi connectivity index (χ3n) is 2.86. The molecule has 0 aliphatic carbocycles. The maximum atomic E-state index is 4.33. The van der Waals surface area contributed by atoms with E-state index in [4.69, 9.17) is 0 Å². The first kappa shape index (κ1) is 11.9. The maximum Gasteiger partial charge on any atom is 0.0662 e. The van der Waals surface area contributed by atoms with Crippen molar-refractivity contribution >= 4 is 0 Å². The SMILES string of the molecule is CNCCc1ccccc1Cn1cc(C)cn1. The van der Waals surface area contributed by atoms with E-state index in [-0.39, 0.29) is 0 Å². The van der Waals surface area contributed by atoms with E-state index >= 15 is 0 Å². The summed E-state index contributed by atoms with van der Waals surface area (Å²) in [6.07, 6.45) is 5.04. The zero-order chi connectivity index (χ0) is 12.1. The number of aromatic nitrogens is 2. The summed E-state index contributed by atoms with van der Waals surface area (Å²) in [6.45, 7) is 3.93. The number of hydrogen-bond acceptors (Lipinski definition) is 2. The molecule has 1 heterocycles. The second kappa shape index (κ2) is 5.64. The Labute approximate surface area is 102 Å². The van der Waals surface area contributed by atoms with Crippen LogP contribution in [0.5, 0.6) is 0 Å². The molecule has 0 aliphatic rings. The molecule has 0 unspecified atom stereocenters. The molecule has 1 aromatic heterocycles. The largest absolute Gasteiger partial charge is 0.319 e. The Hall–Kier alpha value is -1.61. The summed E-state index contributed by atoms with van der Waals surface area (Å²) in [4.78, 5) is 0. The predicted octanol–water partition coefficient (Wildman–Crippen LogP) is 2.00. The average molecular weight is 229 g/mol. The van der Waals surface area contributed by atoms with Crippen LogP contribution in [0, 0.1) is 6.92 Å². The molecular formula is C14H19N3. The standard InChI is InChI=1S/C14H19N3/c1-12-9-16-17(10-12)11-14-6-4-3-5-13(14)7-8-15-2/h3-6,9-10,15H,7-8,11H2,1-2H3. The summed E-state index contributed by atoms with van der Waals surface area (Å²) in [6, 6.07) is 8.57. The molecule has 0 aliphatic heterocycles. The number of likely N-dealkylation sites (N-methyl/N-ethyl adjacent to an activating group) is 1. The lowest BCUT2D eigenvalue weighted by Gasteiger charge is -2.09. The molecule has 0 saturated carbocycles. The van der Waals surface area contributed by atoms with E-state index in [1.807, 2.05) is 17.9 Å². The van der Waals surface area contributed by atoms with Crippen LogP contribution >= 0.6 is 0 Å². The molecule has 0 atom stereocenters. The van der Waals surface area contributed by atoms with Gasteiger partial charge in [0.25, 0.3) is 0 Å². The molecule has 3 nitrogen and oxygen atoms in total. The summed E-state index contributed by atoms with van der Waals surface area (Å²) >= 11 is 0. The van der Waals surface area contributed by atoms with Crippen LogP contribution in [-0.4, -0.2) is 23.4 Å². The Morgan fingerprint density at radius 2 is 2.00 bits per heavy atom. The lowest BCUT2D eigenvalue weighted by Crippen LogP contribution is -2.12. The van der Waals surface area contributed by atoms with Gasteiger partial charge >= 0.3 is 0 Å². The second-order valence-electron chi connectivity index (χ2n) is 4.34. The van der Waals surface area contributed by atoms with Crippen molar-refractivity contribution in [3.05, 3.63) is 53.3 Å². The first-order valence-electron chi connectivity index (χ1n) is 6.00. The van der Waals surface area contributed by atoms with Crippen LogP contribution in [0.4, 0.5) is 0 Å². The molecule has 2 rings (SSSR count). The molecule has 0 saturated heterocycles. The Balaban J connectivity index is 2.14. The molecule has 17 heavy (non-hydrogen) atoms. The van der Waals surface area contributed by atoms with E-state index in [2.05, 4.69) is 47.8 Å². The second-order valence-corrected chi connectivity index (χ2v) is 4.34. The van der Waals surface area contributed by atoms with Gasteiger partial charge in [-0.15, -0.1) is 0 Å². The van der Waals surface area contributed by atoms with Crippen molar-refractivity contribution in [3.8, 4) is 0 Å². The summed E-state index contributed by atoms with van der Waals surface area (Å²) in [5.41, 5.74) is 3.96. The molecule has 1 aromatic carbocycles. The van der Waals surface area contributed by atoms with Crippen LogP contribution in [0.3, 0.4) is 0 Å². The fourth-order valence-corrected chi connectivity index (χ4v) is 1.94. The van der Waals surface area contributed by atoms with Gasteiger partial charge in [0.05, 0.1) is 12.7 Å². The summed E-state index contributed by atoms with van der Waals surface area (Å²) in [7, 11) is 1.99. The number of nitrogens with one attached hydrogen (secondary N) is 1. The molecule has 0 fully saturated rings. The van der Waals surface area contributed by atoms with Crippen LogP contribution in [0.1, 0.15) is 16.7 Å². The van der Waals surface area contributed by atoms with Gasteiger partial charge in [0.1, 0.15) is 0 Å². The van der Waals surface area contributed by atoms with Crippen LogP contribution in [0.2, 0.25) is 0 Å². The highest BCUT2D eigenvalue weighted by molar-refractivity contribution is 5.27. The molecular weight excluding hydrogens is 210 g/mol. The van der Waals surface area contributed by atoms with Gasteiger partial charge in [0.15, 0.2) is 0 Å². The third kappa shape index (κ3) is 3.17. The van der Waals surface area contributed by atoms with Crippen LogP contribution < -0.4 is 5.32 Å². The molecule has 0 spiro atoms. The zero-order valence-electron chi connectivity index (χ0n) is 10.5. The van der Waals surface area contributed by atoms with Crippen molar-refractivity contribution in [1.82, 2.24) is 15.1 Å². The molecule has 3 heteroatoms. The summed E-state index contributed by atoms with van der Waals surface area (Å²) in [5.74, 6) is 0. The van der Waals surface area contributed by atoms with Crippen molar-refractivity contribution < 1.29 is 0 Å². The third-order valence-corrected chi connectivity index (χ3v) is 2.86. The van der Waals surface area contributed by atoms with Crippen molar-refractivity contribution in [2.75, 3.05) is 13.6 Å². The Morgan fingerprint density at radius 3 is 2.65 bits per heavy atom. The van der Waals surface area contributed by atoms with Crippen molar-refractivity contribution in [3.63, 3.8) is 0 Å². The summed E-state index contributed by atoms with van der Waals surface area (Å²) in [5, 5.41) is 7.52. The fraction of sp³-hybridized carbons (Fsp3) is 0.357. The lowest BCUT2D eigenvalue weighted by atomic mass is 10.0. The summed E-state index contributed by atoms with van der Waals surface area (Å²) < 4.78 is 1.99. The first-order chi connectivity index (χ1) is 8.29. The Morgan fingerprint density at radius 1 is 1.24 bits per heavy atom. The van der Waals surface area contributed by atoms with Crippen molar-refractivity contribution in [2.45, 2.75) is 19.9 Å². The highest BCUT2D eigenvalue weighted by Crippen LogP contribution is 2.11. The predicted molar refractivity (Wildman–Crippen MR) is 70.1 cm³/mol. The Kier molecular flexibility index (Phi) is 3.94. The number of rotatable bonds is 5. The minimum absolute atomic E-state index is 0.855. The van der Waals surface area contributed by atoms with E-state index in [1.54, 1.807) is 0 Å². The van der Waals surface area contributed by atoms with Gasteiger partial charge < -0.3 is 5.32 Å². The lowest BCUT2D eigenvalue weighted by molar-refractivity contribution is 0.676. The van der Waals surface area contributed by atoms with Gasteiger partial charge in [-0.1, -0.05) is 24.3 Å². The van der Waals surface area contributed by atoms with Gasteiger partial charge in [0, 0.05) is 6.20 Å². The smallest absolute Gasteiger partial charge is 0.0662 e. The van der Waals surface area contributed by atoms with Gasteiger partial charge in [-0.25, -0.2) is 0 Å². The van der Waals surface area contributed by atoms with Gasteiger partial charge in [-0.05, 0) is 43.6 Å². The molecule has 1 N–H and O–H groups in total. The number of hydrogen-bond donors (Lipinski definition) is 1. The normalized spacial score (nSPS) is 10.7. The fourth-order valence-electron chi connectivity index (χ4n) is 1.94. The minimum atomic E-state index is 0.855. The molecule has 0 amide bonds. The molecule has 2 aromatic rings.